The number of benzene rings is 3. The largest absolute Gasteiger partial charge is 0.493 e. The molecule has 1 amide bonds. The lowest BCUT2D eigenvalue weighted by Gasteiger charge is -2.14. The van der Waals surface area contributed by atoms with Gasteiger partial charge < -0.3 is 18.9 Å². The Morgan fingerprint density at radius 3 is 2.09 bits per heavy atom. The lowest BCUT2D eigenvalue weighted by molar-refractivity contribution is 0.0733. The van der Waals surface area contributed by atoms with Crippen LogP contribution < -0.4 is 24.4 Å². The summed E-state index contributed by atoms with van der Waals surface area (Å²) in [5.41, 5.74) is 3.21. The maximum atomic E-state index is 13.0. The van der Waals surface area contributed by atoms with Crippen molar-refractivity contribution in [3.63, 3.8) is 0 Å². The van der Waals surface area contributed by atoms with Crippen molar-refractivity contribution < 1.29 is 32.9 Å². The molecule has 0 saturated heterocycles. The number of hydrogen-bond donors (Lipinski definition) is 1. The fourth-order valence-electron chi connectivity index (χ4n) is 2.86. The summed E-state index contributed by atoms with van der Waals surface area (Å²) in [6.07, 6.45) is 1.33. The average molecular weight is 452 g/mol. The molecule has 3 rings (SSSR count). The highest BCUT2D eigenvalue weighted by Crippen LogP contribution is 2.38. The van der Waals surface area contributed by atoms with Gasteiger partial charge in [0.2, 0.25) is 5.75 Å². The van der Waals surface area contributed by atoms with Crippen LogP contribution in [0.3, 0.4) is 0 Å². The second-order valence-corrected chi connectivity index (χ2v) is 6.55. The summed E-state index contributed by atoms with van der Waals surface area (Å²) in [6, 6.07) is 14.6. The Bertz CT molecular complexity index is 1150. The second kappa shape index (κ2) is 10.8. The molecule has 33 heavy (non-hydrogen) atoms. The molecule has 0 aliphatic heterocycles. The number of esters is 1. The third kappa shape index (κ3) is 5.65. The first-order valence-corrected chi connectivity index (χ1v) is 9.67. The van der Waals surface area contributed by atoms with E-state index in [1.54, 1.807) is 24.3 Å². The van der Waals surface area contributed by atoms with E-state index in [1.807, 2.05) is 0 Å². The molecular weight excluding hydrogens is 431 g/mol. The maximum absolute atomic E-state index is 13.0. The normalized spacial score (nSPS) is 10.5. The summed E-state index contributed by atoms with van der Waals surface area (Å²) in [4.78, 5) is 24.9. The average Bonchev–Trinajstić information content (AvgIpc) is 2.84. The number of carbonyl (C=O) groups excluding carboxylic acids is 2. The smallest absolute Gasteiger partial charge is 0.343 e. The number of carbonyl (C=O) groups is 2. The molecule has 8 nitrogen and oxygen atoms in total. The lowest BCUT2D eigenvalue weighted by Crippen LogP contribution is -2.17. The molecule has 0 saturated carbocycles. The van der Waals surface area contributed by atoms with E-state index in [2.05, 4.69) is 10.5 Å². The van der Waals surface area contributed by atoms with Crippen molar-refractivity contribution in [1.82, 2.24) is 5.43 Å². The molecule has 0 heterocycles. The third-order valence-corrected chi connectivity index (χ3v) is 4.50. The first kappa shape index (κ1) is 23.3. The van der Waals surface area contributed by atoms with Crippen LogP contribution in [0.2, 0.25) is 0 Å². The summed E-state index contributed by atoms with van der Waals surface area (Å²) in [5.74, 6) is -0.442. The van der Waals surface area contributed by atoms with Crippen LogP contribution in [0.1, 0.15) is 26.3 Å². The highest BCUT2D eigenvalue weighted by atomic mass is 19.1. The number of halogens is 1. The van der Waals surface area contributed by atoms with Gasteiger partial charge in [0.1, 0.15) is 11.6 Å². The maximum Gasteiger partial charge on any atom is 0.343 e. The molecule has 0 bridgehead atoms. The van der Waals surface area contributed by atoms with E-state index < -0.39 is 17.7 Å². The van der Waals surface area contributed by atoms with Crippen molar-refractivity contribution in [1.29, 1.82) is 0 Å². The van der Waals surface area contributed by atoms with Crippen LogP contribution in [0.25, 0.3) is 0 Å². The standard InChI is InChI=1S/C24H21FN2O6/c1-30-20-12-17(13-21(31-2)22(20)32-3)24(29)33-19-7-5-4-6-16(19)14-26-27-23(28)15-8-10-18(25)11-9-15/h4-14H,1-3H3,(H,27,28). The number of ether oxygens (including phenoxy) is 4. The van der Waals surface area contributed by atoms with E-state index in [1.165, 1.54) is 63.9 Å². The Morgan fingerprint density at radius 1 is 0.848 bits per heavy atom. The molecule has 9 heteroatoms. The summed E-state index contributed by atoms with van der Waals surface area (Å²) < 4.78 is 34.3. The van der Waals surface area contributed by atoms with E-state index >= 15 is 0 Å². The van der Waals surface area contributed by atoms with Gasteiger partial charge in [0.05, 0.1) is 33.1 Å². The lowest BCUT2D eigenvalue weighted by atomic mass is 10.1. The van der Waals surface area contributed by atoms with Crippen molar-refractivity contribution >= 4 is 18.1 Å². The molecule has 0 aromatic heterocycles. The molecule has 0 radical (unpaired) electrons. The van der Waals surface area contributed by atoms with Gasteiger partial charge in [-0.3, -0.25) is 4.79 Å². The highest BCUT2D eigenvalue weighted by Gasteiger charge is 2.19. The number of para-hydroxylation sites is 1. The van der Waals surface area contributed by atoms with Gasteiger partial charge in [-0.25, -0.2) is 14.6 Å². The van der Waals surface area contributed by atoms with Crippen LogP contribution in [-0.4, -0.2) is 39.4 Å². The summed E-state index contributed by atoms with van der Waals surface area (Å²) >= 11 is 0. The van der Waals surface area contributed by atoms with Gasteiger partial charge in [0.15, 0.2) is 11.5 Å². The third-order valence-electron chi connectivity index (χ3n) is 4.50. The molecule has 0 aliphatic carbocycles. The summed E-state index contributed by atoms with van der Waals surface area (Å²) in [7, 11) is 4.35. The van der Waals surface area contributed by atoms with Crippen molar-refractivity contribution in [3.8, 4) is 23.0 Å². The Hall–Kier alpha value is -4.40. The van der Waals surface area contributed by atoms with Gasteiger partial charge in [-0.1, -0.05) is 12.1 Å². The van der Waals surface area contributed by atoms with Crippen LogP contribution in [0, 0.1) is 5.82 Å². The first-order valence-electron chi connectivity index (χ1n) is 9.67. The fraction of sp³-hybridized carbons (Fsp3) is 0.125. The zero-order valence-corrected chi connectivity index (χ0v) is 18.1. The minimum atomic E-state index is -0.662. The van der Waals surface area contributed by atoms with Crippen molar-refractivity contribution in [2.75, 3.05) is 21.3 Å². The van der Waals surface area contributed by atoms with Gasteiger partial charge in [-0.2, -0.15) is 5.10 Å². The van der Waals surface area contributed by atoms with Crippen LogP contribution in [0.4, 0.5) is 4.39 Å². The molecule has 0 fully saturated rings. The van der Waals surface area contributed by atoms with Crippen LogP contribution in [-0.2, 0) is 0 Å². The monoisotopic (exact) mass is 452 g/mol. The van der Waals surface area contributed by atoms with Gasteiger partial charge in [-0.15, -0.1) is 0 Å². The summed E-state index contributed by atoms with van der Waals surface area (Å²) in [5, 5.41) is 3.89. The highest BCUT2D eigenvalue weighted by molar-refractivity contribution is 5.96. The van der Waals surface area contributed by atoms with Crippen LogP contribution >= 0.6 is 0 Å². The number of rotatable bonds is 8. The van der Waals surface area contributed by atoms with Gasteiger partial charge in [-0.05, 0) is 48.5 Å². The van der Waals surface area contributed by atoms with Gasteiger partial charge in [0, 0.05) is 11.1 Å². The van der Waals surface area contributed by atoms with E-state index in [4.69, 9.17) is 18.9 Å². The minimum Gasteiger partial charge on any atom is -0.493 e. The Kier molecular flexibility index (Phi) is 7.59. The molecule has 0 aliphatic rings. The Morgan fingerprint density at radius 2 is 1.48 bits per heavy atom. The molecule has 170 valence electrons. The zero-order chi connectivity index (χ0) is 23.8. The Labute approximate surface area is 189 Å². The molecule has 3 aromatic rings. The zero-order valence-electron chi connectivity index (χ0n) is 18.1. The summed E-state index contributed by atoms with van der Waals surface area (Å²) in [6.45, 7) is 0. The molecule has 0 spiro atoms. The number of hydrogen-bond acceptors (Lipinski definition) is 7. The van der Waals surface area contributed by atoms with Crippen LogP contribution in [0.5, 0.6) is 23.0 Å². The second-order valence-electron chi connectivity index (χ2n) is 6.55. The molecule has 1 N–H and O–H groups in total. The Balaban J connectivity index is 1.76. The topological polar surface area (TPSA) is 95.5 Å². The quantitative estimate of drug-likeness (QED) is 0.242. The van der Waals surface area contributed by atoms with Gasteiger partial charge in [0.25, 0.3) is 5.91 Å². The van der Waals surface area contributed by atoms with Gasteiger partial charge >= 0.3 is 5.97 Å². The number of nitrogens with one attached hydrogen (secondary N) is 1. The van der Waals surface area contributed by atoms with Crippen molar-refractivity contribution in [2.45, 2.75) is 0 Å². The molecular formula is C24H21FN2O6. The molecule has 3 aromatic carbocycles. The van der Waals surface area contributed by atoms with Crippen LogP contribution in [0.15, 0.2) is 65.8 Å². The number of amides is 1. The van der Waals surface area contributed by atoms with Crippen molar-refractivity contribution in [3.05, 3.63) is 83.2 Å². The SMILES string of the molecule is COc1cc(C(=O)Oc2ccccc2C=NNC(=O)c2ccc(F)cc2)cc(OC)c1OC. The number of methoxy groups -OCH3 is 3. The predicted molar refractivity (Wildman–Crippen MR) is 119 cm³/mol. The van der Waals surface area contributed by atoms with E-state index in [-0.39, 0.29) is 16.9 Å². The first-order chi connectivity index (χ1) is 16.0. The van der Waals surface area contributed by atoms with E-state index in [9.17, 15) is 14.0 Å². The van der Waals surface area contributed by atoms with E-state index in [0.717, 1.165) is 0 Å². The molecule has 0 atom stereocenters. The fourth-order valence-corrected chi connectivity index (χ4v) is 2.86. The number of nitrogens with zero attached hydrogens (tertiary/aromatic N) is 1. The van der Waals surface area contributed by atoms with E-state index in [0.29, 0.717) is 22.8 Å². The predicted octanol–water partition coefficient (Wildman–Crippen LogP) is 3.83. The van der Waals surface area contributed by atoms with Crippen molar-refractivity contribution in [2.24, 2.45) is 5.10 Å². The number of hydrazone groups is 1. The minimum absolute atomic E-state index is 0.181. The molecule has 0 unspecified atom stereocenters.